The van der Waals surface area contributed by atoms with Gasteiger partial charge in [-0.2, -0.15) is 13.2 Å². The van der Waals surface area contributed by atoms with Crippen molar-refractivity contribution in [2.24, 2.45) is 0 Å². The van der Waals surface area contributed by atoms with Gasteiger partial charge in [0.1, 0.15) is 5.82 Å². The van der Waals surface area contributed by atoms with Crippen LogP contribution in [0.15, 0.2) is 38.3 Å². The Morgan fingerprint density at radius 1 is 1.40 bits per heavy atom. The Morgan fingerprint density at radius 2 is 2.08 bits per heavy atom. The number of H-pyrrole nitrogens is 1. The van der Waals surface area contributed by atoms with Crippen molar-refractivity contribution in [2.75, 3.05) is 13.1 Å². The summed E-state index contributed by atoms with van der Waals surface area (Å²) in [7, 11) is 0. The Labute approximate surface area is 144 Å². The summed E-state index contributed by atoms with van der Waals surface area (Å²) >= 11 is 5.80. The van der Waals surface area contributed by atoms with E-state index in [0.717, 1.165) is 16.8 Å². The number of dihydropyridines is 1. The number of rotatable bonds is 5. The van der Waals surface area contributed by atoms with Crippen LogP contribution in [0.2, 0.25) is 0 Å². The van der Waals surface area contributed by atoms with Crippen LogP contribution in [-0.2, 0) is 6.54 Å². The molecule has 1 aromatic rings. The van der Waals surface area contributed by atoms with Crippen LogP contribution in [0, 0.1) is 0 Å². The fraction of sp³-hybridized carbons (Fsp3) is 0.357. The molecule has 0 saturated heterocycles. The summed E-state index contributed by atoms with van der Waals surface area (Å²) in [6.07, 6.45) is -2.51. The van der Waals surface area contributed by atoms with Gasteiger partial charge in [-0.1, -0.05) is 11.6 Å². The number of nitrogens with one attached hydrogen (secondary N) is 3. The lowest BCUT2D eigenvalue weighted by molar-refractivity contribution is -0.0930. The molecule has 0 spiro atoms. The topological polar surface area (TPSA) is 96.0 Å². The molecule has 0 atom stereocenters. The maximum atomic E-state index is 12.6. The molecule has 1 aliphatic heterocycles. The molecule has 0 radical (unpaired) electrons. The van der Waals surface area contributed by atoms with Gasteiger partial charge in [0.25, 0.3) is 5.56 Å². The smallest absolute Gasteiger partial charge is 0.369 e. The predicted molar refractivity (Wildman–Crippen MR) is 84.3 cm³/mol. The zero-order chi connectivity index (χ0) is 18.8. The van der Waals surface area contributed by atoms with Gasteiger partial charge in [-0.15, -0.1) is 0 Å². The first-order valence-corrected chi connectivity index (χ1v) is 7.47. The highest BCUT2D eigenvalue weighted by Crippen LogP contribution is 2.29. The molecule has 0 bridgehead atoms. The van der Waals surface area contributed by atoms with Crippen molar-refractivity contribution < 1.29 is 18.0 Å². The minimum Gasteiger partial charge on any atom is -0.369 e. The lowest BCUT2D eigenvalue weighted by Crippen LogP contribution is -2.38. The molecule has 1 aliphatic rings. The van der Waals surface area contributed by atoms with Gasteiger partial charge >= 0.3 is 11.9 Å². The van der Waals surface area contributed by atoms with Gasteiger partial charge < -0.3 is 10.6 Å². The first-order valence-electron chi connectivity index (χ1n) is 7.09. The van der Waals surface area contributed by atoms with E-state index < -0.39 is 35.3 Å². The van der Waals surface area contributed by atoms with E-state index in [2.05, 4.69) is 10.6 Å². The molecule has 25 heavy (non-hydrogen) atoms. The van der Waals surface area contributed by atoms with Crippen LogP contribution in [-0.4, -0.2) is 34.6 Å². The van der Waals surface area contributed by atoms with Gasteiger partial charge in [0.2, 0.25) is 0 Å². The van der Waals surface area contributed by atoms with E-state index in [-0.39, 0.29) is 29.5 Å². The number of hydrogen-bond acceptors (Lipinski definition) is 5. The van der Waals surface area contributed by atoms with Crippen LogP contribution >= 0.6 is 11.6 Å². The Hall–Kier alpha value is -2.49. The second kappa shape index (κ2) is 7.18. The lowest BCUT2D eigenvalue weighted by atomic mass is 10.2. The van der Waals surface area contributed by atoms with Gasteiger partial charge in [0, 0.05) is 25.8 Å². The van der Waals surface area contributed by atoms with E-state index in [1.165, 1.54) is 6.92 Å². The Balaban J connectivity index is 2.08. The maximum Gasteiger partial charge on any atom is 0.414 e. The van der Waals surface area contributed by atoms with Crippen molar-refractivity contribution >= 4 is 17.4 Å². The van der Waals surface area contributed by atoms with E-state index in [0.29, 0.717) is 0 Å². The highest BCUT2D eigenvalue weighted by atomic mass is 35.5. The minimum atomic E-state index is -4.47. The molecule has 136 valence electrons. The number of aromatic amines is 1. The molecule has 2 heterocycles. The summed E-state index contributed by atoms with van der Waals surface area (Å²) in [4.78, 5) is 36.5. The van der Waals surface area contributed by atoms with Crippen molar-refractivity contribution in [3.05, 3.63) is 55.1 Å². The summed E-state index contributed by atoms with van der Waals surface area (Å²) in [5.41, 5.74) is -2.43. The predicted octanol–water partition coefficient (Wildman–Crippen LogP) is 0.829. The number of carbonyl (C=O) groups excluding carboxylic acids is 1. The van der Waals surface area contributed by atoms with E-state index in [1.807, 2.05) is 4.98 Å². The molecule has 0 saturated carbocycles. The van der Waals surface area contributed by atoms with Crippen LogP contribution in [0.25, 0.3) is 0 Å². The number of Topliss-reactive ketones (excluding diaryl/α,β-unsaturated/α-hetero) is 1. The van der Waals surface area contributed by atoms with Gasteiger partial charge in [0.15, 0.2) is 5.78 Å². The average Bonchev–Trinajstić information content (AvgIpc) is 2.49. The Kier molecular flexibility index (Phi) is 5.41. The number of nitrogens with zero attached hydrogens (tertiary/aromatic N) is 1. The number of alkyl halides is 3. The van der Waals surface area contributed by atoms with Crippen molar-refractivity contribution in [1.82, 2.24) is 20.2 Å². The van der Waals surface area contributed by atoms with Crippen molar-refractivity contribution in [2.45, 2.75) is 19.6 Å². The molecule has 2 rings (SSSR count). The number of ketones is 1. The summed E-state index contributed by atoms with van der Waals surface area (Å²) in [6.45, 7) is 0.937. The van der Waals surface area contributed by atoms with Crippen molar-refractivity contribution in [3.8, 4) is 0 Å². The minimum absolute atomic E-state index is 0.0566. The van der Waals surface area contributed by atoms with Crippen LogP contribution in [0.3, 0.4) is 0 Å². The molecule has 7 nitrogen and oxygen atoms in total. The van der Waals surface area contributed by atoms with E-state index >= 15 is 0 Å². The first kappa shape index (κ1) is 18.8. The van der Waals surface area contributed by atoms with Gasteiger partial charge in [-0.3, -0.25) is 19.1 Å². The van der Waals surface area contributed by atoms with Gasteiger partial charge in [-0.25, -0.2) is 4.79 Å². The van der Waals surface area contributed by atoms with Gasteiger partial charge in [0.05, 0.1) is 16.2 Å². The van der Waals surface area contributed by atoms with Crippen LogP contribution in [0.1, 0.15) is 17.3 Å². The average molecular weight is 379 g/mol. The SMILES string of the molecule is CC(=O)c1cn(CCNC2=C(Cl)C=C(C(F)(F)F)CN2)c(=O)[nH]c1=O. The van der Waals surface area contributed by atoms with E-state index in [4.69, 9.17) is 11.6 Å². The second-order valence-corrected chi connectivity index (χ2v) is 5.63. The molecule has 0 unspecified atom stereocenters. The molecule has 11 heteroatoms. The van der Waals surface area contributed by atoms with Crippen LogP contribution in [0.5, 0.6) is 0 Å². The summed E-state index contributed by atoms with van der Waals surface area (Å²) in [5, 5.41) is 5.14. The van der Waals surface area contributed by atoms with E-state index in [9.17, 15) is 27.6 Å². The number of halogens is 4. The zero-order valence-corrected chi connectivity index (χ0v) is 13.7. The van der Waals surface area contributed by atoms with Crippen LogP contribution < -0.4 is 21.9 Å². The molecule has 0 aliphatic carbocycles. The number of carbonyl (C=O) groups is 1. The lowest BCUT2D eigenvalue weighted by Gasteiger charge is -2.22. The fourth-order valence-electron chi connectivity index (χ4n) is 2.10. The molecule has 0 aromatic carbocycles. The van der Waals surface area contributed by atoms with Crippen molar-refractivity contribution in [3.63, 3.8) is 0 Å². The maximum absolute atomic E-state index is 12.6. The molecule has 1 aromatic heterocycles. The van der Waals surface area contributed by atoms with Gasteiger partial charge in [-0.05, 0) is 13.0 Å². The third-order valence-electron chi connectivity index (χ3n) is 3.40. The normalized spacial score (nSPS) is 14.8. The Morgan fingerprint density at radius 3 is 2.64 bits per heavy atom. The molecule has 0 amide bonds. The number of allylic oxidation sites excluding steroid dienone is 2. The summed E-state index contributed by atoms with van der Waals surface area (Å²) in [6, 6.07) is 0. The third kappa shape index (κ3) is 4.53. The van der Waals surface area contributed by atoms with E-state index in [1.54, 1.807) is 0 Å². The number of hydrogen-bond donors (Lipinski definition) is 3. The highest BCUT2D eigenvalue weighted by molar-refractivity contribution is 6.31. The Bertz CT molecular complexity index is 867. The monoisotopic (exact) mass is 378 g/mol. The number of aromatic nitrogens is 2. The summed E-state index contributed by atoms with van der Waals surface area (Å²) in [5.74, 6) is -0.300. The highest BCUT2D eigenvalue weighted by Gasteiger charge is 2.35. The molecule has 0 fully saturated rings. The quantitative estimate of drug-likeness (QED) is 0.660. The first-order chi connectivity index (χ1) is 11.6. The third-order valence-corrected chi connectivity index (χ3v) is 3.70. The standard InChI is InChI=1S/C14H14ClF3N4O3/c1-7(23)9-6-22(13(25)21-12(9)24)3-2-19-11-10(15)4-8(5-20-11)14(16,17)18/h4,6,19-20H,2-3,5H2,1H3,(H,21,24,25). The molecule has 3 N–H and O–H groups in total. The largest absolute Gasteiger partial charge is 0.414 e. The van der Waals surface area contributed by atoms with Crippen LogP contribution in [0.4, 0.5) is 13.2 Å². The van der Waals surface area contributed by atoms with Crippen molar-refractivity contribution in [1.29, 1.82) is 0 Å². The second-order valence-electron chi connectivity index (χ2n) is 5.22. The zero-order valence-electron chi connectivity index (χ0n) is 13.0. The summed E-state index contributed by atoms with van der Waals surface area (Å²) < 4.78 is 38.9. The fourth-order valence-corrected chi connectivity index (χ4v) is 2.37. The molecular formula is C14H14ClF3N4O3. The molecular weight excluding hydrogens is 365 g/mol.